The first kappa shape index (κ1) is 14.5. The van der Waals surface area contributed by atoms with Gasteiger partial charge >= 0.3 is 0 Å². The van der Waals surface area contributed by atoms with Gasteiger partial charge in [-0.25, -0.2) is 0 Å². The number of carbonyl (C=O) groups is 1. The van der Waals surface area contributed by atoms with E-state index in [1.807, 2.05) is 0 Å². The molecule has 0 amide bonds. The monoisotopic (exact) mass is 222 g/mol. The molecule has 0 unspecified atom stereocenters. The van der Waals surface area contributed by atoms with E-state index in [2.05, 4.69) is 0 Å². The number of carbonyl (C=O) groups excluding carboxylic acids is 1. The summed E-state index contributed by atoms with van der Waals surface area (Å²) in [5.74, 6) is -1.13. The summed E-state index contributed by atoms with van der Waals surface area (Å²) in [7, 11) is 0. The van der Waals surface area contributed by atoms with Gasteiger partial charge in [0.05, 0.1) is 6.61 Å². The average Bonchev–Trinajstić information content (AvgIpc) is 2.23. The van der Waals surface area contributed by atoms with Gasteiger partial charge in [-0.15, -0.1) is 0 Å². The number of aliphatic hydroxyl groups excluding tert-OH is 5. The van der Waals surface area contributed by atoms with Crippen molar-refractivity contribution in [2.45, 2.75) is 38.3 Å². The molecule has 0 aromatic rings. The molecule has 0 aliphatic carbocycles. The van der Waals surface area contributed by atoms with E-state index < -0.39 is 42.7 Å². The molecule has 0 radical (unpaired) electrons. The van der Waals surface area contributed by atoms with Gasteiger partial charge in [0, 0.05) is 5.92 Å². The molecule has 5 N–H and O–H groups in total. The molecule has 0 aromatic carbocycles. The number of Topliss-reactive ketones (excluding diaryl/α,β-unsaturated/α-hetero) is 1. The average molecular weight is 222 g/mol. The van der Waals surface area contributed by atoms with E-state index >= 15 is 0 Å². The van der Waals surface area contributed by atoms with E-state index in [0.717, 1.165) is 0 Å². The van der Waals surface area contributed by atoms with E-state index in [1.54, 1.807) is 0 Å². The Bertz CT molecular complexity index is 205. The quantitative estimate of drug-likeness (QED) is 0.343. The fourth-order valence-corrected chi connectivity index (χ4v) is 1.03. The van der Waals surface area contributed by atoms with Crippen LogP contribution in [0.25, 0.3) is 0 Å². The summed E-state index contributed by atoms with van der Waals surface area (Å²) in [5, 5.41) is 45.3. The van der Waals surface area contributed by atoms with Gasteiger partial charge in [-0.2, -0.15) is 0 Å². The fourth-order valence-electron chi connectivity index (χ4n) is 1.03. The Hall–Kier alpha value is -0.530. The highest BCUT2D eigenvalue weighted by Crippen LogP contribution is 2.09. The zero-order valence-corrected chi connectivity index (χ0v) is 8.74. The van der Waals surface area contributed by atoms with Crippen molar-refractivity contribution in [1.29, 1.82) is 0 Å². The minimum atomic E-state index is -1.80. The largest absolute Gasteiger partial charge is 0.394 e. The van der Waals surface area contributed by atoms with Crippen LogP contribution in [0.3, 0.4) is 0 Å². The first-order valence-corrected chi connectivity index (χ1v) is 4.69. The Morgan fingerprint density at radius 3 is 1.87 bits per heavy atom. The Balaban J connectivity index is 4.43. The van der Waals surface area contributed by atoms with Crippen molar-refractivity contribution < 1.29 is 30.3 Å². The molecule has 0 aliphatic heterocycles. The van der Waals surface area contributed by atoms with Crippen molar-refractivity contribution in [3.63, 3.8) is 0 Å². The molecule has 15 heavy (non-hydrogen) atoms. The summed E-state index contributed by atoms with van der Waals surface area (Å²) in [4.78, 5) is 11.2. The van der Waals surface area contributed by atoms with Crippen LogP contribution in [0.2, 0.25) is 0 Å². The summed E-state index contributed by atoms with van der Waals surface area (Å²) < 4.78 is 0. The maximum Gasteiger partial charge on any atom is 0.166 e. The van der Waals surface area contributed by atoms with Crippen molar-refractivity contribution in [3.05, 3.63) is 0 Å². The van der Waals surface area contributed by atoms with Crippen LogP contribution in [0.1, 0.15) is 13.8 Å². The molecule has 6 nitrogen and oxygen atoms in total. The molecule has 0 spiro atoms. The van der Waals surface area contributed by atoms with Gasteiger partial charge in [-0.05, 0) is 0 Å². The highest BCUT2D eigenvalue weighted by atomic mass is 16.4. The van der Waals surface area contributed by atoms with Crippen molar-refractivity contribution >= 4 is 5.78 Å². The highest BCUT2D eigenvalue weighted by Gasteiger charge is 2.34. The number of aliphatic hydroxyl groups is 5. The Kier molecular flexibility index (Phi) is 5.92. The van der Waals surface area contributed by atoms with Crippen LogP contribution in [-0.4, -0.2) is 62.3 Å². The topological polar surface area (TPSA) is 118 Å². The van der Waals surface area contributed by atoms with E-state index in [4.69, 9.17) is 10.2 Å². The molecule has 4 atom stereocenters. The van der Waals surface area contributed by atoms with Gasteiger partial charge in [0.15, 0.2) is 5.78 Å². The van der Waals surface area contributed by atoms with Crippen LogP contribution in [0.4, 0.5) is 0 Å². The molecular weight excluding hydrogens is 204 g/mol. The van der Waals surface area contributed by atoms with Crippen molar-refractivity contribution in [3.8, 4) is 0 Å². The Morgan fingerprint density at radius 2 is 1.53 bits per heavy atom. The Morgan fingerprint density at radius 1 is 1.07 bits per heavy atom. The molecule has 0 aromatic heterocycles. The molecule has 0 bridgehead atoms. The predicted octanol–water partition coefficient (Wildman–Crippen LogP) is -2.35. The van der Waals surface area contributed by atoms with E-state index in [1.165, 1.54) is 13.8 Å². The molecule has 90 valence electrons. The maximum absolute atomic E-state index is 11.2. The zero-order valence-electron chi connectivity index (χ0n) is 8.74. The van der Waals surface area contributed by atoms with Crippen molar-refractivity contribution in [2.24, 2.45) is 5.92 Å². The van der Waals surface area contributed by atoms with Gasteiger partial charge in [0.2, 0.25) is 0 Å². The number of ketones is 1. The standard InChI is InChI=1S/C9H18O6/c1-4(2)6(12)8(14)9(15)7(13)5(11)3-10/h4-5,7-11,13-15H,3H2,1-2H3/t5-,7-,8+,9+/m1/s1. The molecule has 0 saturated carbocycles. The second kappa shape index (κ2) is 6.14. The zero-order chi connectivity index (χ0) is 12.2. The van der Waals surface area contributed by atoms with Crippen LogP contribution in [0.15, 0.2) is 0 Å². The van der Waals surface area contributed by atoms with Gasteiger partial charge in [0.1, 0.15) is 24.4 Å². The lowest BCUT2D eigenvalue weighted by Crippen LogP contribution is -2.49. The number of hydrogen-bond acceptors (Lipinski definition) is 6. The van der Waals surface area contributed by atoms with Crippen molar-refractivity contribution in [1.82, 2.24) is 0 Å². The number of hydrogen-bond donors (Lipinski definition) is 5. The van der Waals surface area contributed by atoms with Gasteiger partial charge < -0.3 is 25.5 Å². The molecule has 0 fully saturated rings. The van der Waals surface area contributed by atoms with Gasteiger partial charge in [0.25, 0.3) is 0 Å². The smallest absolute Gasteiger partial charge is 0.166 e. The van der Waals surface area contributed by atoms with Gasteiger partial charge in [-0.1, -0.05) is 13.8 Å². The van der Waals surface area contributed by atoms with Gasteiger partial charge in [-0.3, -0.25) is 4.79 Å². The SMILES string of the molecule is CC(C)C(=O)[C@H](O)[C@@H](O)[C@H](O)[C@H](O)CO. The van der Waals surface area contributed by atoms with E-state index in [0.29, 0.717) is 0 Å². The molecular formula is C9H18O6. The lowest BCUT2D eigenvalue weighted by molar-refractivity contribution is -0.149. The second-order valence-corrected chi connectivity index (χ2v) is 3.73. The predicted molar refractivity (Wildman–Crippen MR) is 51.0 cm³/mol. The summed E-state index contributed by atoms with van der Waals surface area (Å²) in [5.41, 5.74) is 0. The second-order valence-electron chi connectivity index (χ2n) is 3.73. The van der Waals surface area contributed by atoms with E-state index in [9.17, 15) is 20.1 Å². The fraction of sp³-hybridized carbons (Fsp3) is 0.889. The molecule has 0 heterocycles. The first-order valence-electron chi connectivity index (χ1n) is 4.69. The lowest BCUT2D eigenvalue weighted by Gasteiger charge is -2.25. The number of rotatable bonds is 6. The van der Waals surface area contributed by atoms with Crippen LogP contribution in [0.5, 0.6) is 0 Å². The van der Waals surface area contributed by atoms with Crippen molar-refractivity contribution in [2.75, 3.05) is 6.61 Å². The third-order valence-electron chi connectivity index (χ3n) is 2.12. The Labute approximate surface area is 87.8 Å². The molecule has 0 aliphatic rings. The van der Waals surface area contributed by atoms with Crippen LogP contribution in [-0.2, 0) is 4.79 Å². The minimum absolute atomic E-state index is 0.492. The normalized spacial score (nSPS) is 19.7. The third kappa shape index (κ3) is 3.84. The molecule has 6 heteroatoms. The summed E-state index contributed by atoms with van der Waals surface area (Å²) in [6, 6.07) is 0. The summed E-state index contributed by atoms with van der Waals surface area (Å²) in [6.45, 7) is 2.31. The maximum atomic E-state index is 11.2. The third-order valence-corrected chi connectivity index (χ3v) is 2.12. The van der Waals surface area contributed by atoms with Crippen LogP contribution >= 0.6 is 0 Å². The summed E-state index contributed by atoms with van der Waals surface area (Å²) in [6.07, 6.45) is -6.91. The first-order chi connectivity index (χ1) is 6.82. The lowest BCUT2D eigenvalue weighted by atomic mass is 9.95. The molecule has 0 saturated heterocycles. The highest BCUT2D eigenvalue weighted by molar-refractivity contribution is 5.85. The van der Waals surface area contributed by atoms with Crippen LogP contribution in [0, 0.1) is 5.92 Å². The molecule has 0 rings (SSSR count). The van der Waals surface area contributed by atoms with E-state index in [-0.39, 0.29) is 0 Å². The summed E-state index contributed by atoms with van der Waals surface area (Å²) >= 11 is 0. The van der Waals surface area contributed by atoms with Crippen LogP contribution < -0.4 is 0 Å². The minimum Gasteiger partial charge on any atom is -0.394 e.